The molecule has 0 spiro atoms. The lowest BCUT2D eigenvalue weighted by molar-refractivity contribution is 0.0953. The summed E-state index contributed by atoms with van der Waals surface area (Å²) in [6, 6.07) is 0. The zero-order valence-corrected chi connectivity index (χ0v) is 12.3. The number of carbonyl (C=O) groups is 1. The van der Waals surface area contributed by atoms with Crippen molar-refractivity contribution >= 4 is 11.4 Å². The average molecular weight is 300 g/mol. The molecule has 0 radical (unpaired) electrons. The first-order valence-corrected chi connectivity index (χ1v) is 6.89. The molecule has 3 aromatic rings. The zero-order valence-electron chi connectivity index (χ0n) is 12.3. The minimum Gasteiger partial charge on any atom is -0.350 e. The summed E-state index contributed by atoms with van der Waals surface area (Å²) in [5, 5.41) is 6.80. The number of nitrogens with one attached hydrogen (secondary N) is 2. The molecule has 22 heavy (non-hydrogen) atoms. The van der Waals surface area contributed by atoms with Gasteiger partial charge in [-0.05, 0) is 13.8 Å². The van der Waals surface area contributed by atoms with Crippen molar-refractivity contribution in [2.24, 2.45) is 0 Å². The summed E-state index contributed by atoms with van der Waals surface area (Å²) in [7, 11) is 0. The van der Waals surface area contributed by atoms with Crippen LogP contribution < -0.4 is 10.9 Å². The zero-order chi connectivity index (χ0) is 15.7. The first kappa shape index (κ1) is 14.1. The minimum absolute atomic E-state index is 0.245. The number of fused-ring (bicyclic) bond motifs is 1. The van der Waals surface area contributed by atoms with E-state index in [1.165, 1.54) is 16.9 Å². The molecule has 1 amide bonds. The van der Waals surface area contributed by atoms with Crippen LogP contribution in [0.5, 0.6) is 0 Å². The van der Waals surface area contributed by atoms with E-state index in [4.69, 9.17) is 0 Å². The van der Waals surface area contributed by atoms with Crippen LogP contribution in [0.15, 0.2) is 29.7 Å². The second kappa shape index (κ2) is 5.47. The van der Waals surface area contributed by atoms with Crippen LogP contribution in [0.3, 0.4) is 0 Å². The quantitative estimate of drug-likeness (QED) is 0.722. The van der Waals surface area contributed by atoms with Gasteiger partial charge in [0, 0.05) is 31.2 Å². The Bertz CT molecular complexity index is 888. The molecule has 0 aliphatic rings. The first-order chi connectivity index (χ1) is 10.6. The van der Waals surface area contributed by atoms with Gasteiger partial charge in [-0.15, -0.1) is 0 Å². The van der Waals surface area contributed by atoms with Crippen LogP contribution in [-0.2, 0) is 6.54 Å². The summed E-state index contributed by atoms with van der Waals surface area (Å²) in [4.78, 5) is 30.8. The number of hydrogen-bond acceptors (Lipinski definition) is 4. The van der Waals surface area contributed by atoms with Gasteiger partial charge in [0.25, 0.3) is 11.5 Å². The smallest absolute Gasteiger partial charge is 0.274 e. The van der Waals surface area contributed by atoms with Crippen LogP contribution in [0, 0.1) is 13.8 Å². The van der Waals surface area contributed by atoms with E-state index in [2.05, 4.69) is 20.4 Å². The molecule has 114 valence electrons. The second-order valence-corrected chi connectivity index (χ2v) is 5.01. The Kier molecular flexibility index (Phi) is 3.50. The predicted octanol–water partition coefficient (Wildman–Crippen LogP) is 0.266. The molecule has 0 bridgehead atoms. The van der Waals surface area contributed by atoms with Gasteiger partial charge < -0.3 is 14.9 Å². The number of aromatic nitrogens is 5. The van der Waals surface area contributed by atoms with Gasteiger partial charge in [0.05, 0.1) is 23.8 Å². The van der Waals surface area contributed by atoms with E-state index in [9.17, 15) is 9.59 Å². The number of aromatic amines is 1. The van der Waals surface area contributed by atoms with Gasteiger partial charge in [-0.2, -0.15) is 5.10 Å². The van der Waals surface area contributed by atoms with Crippen molar-refractivity contribution in [3.05, 3.63) is 52.2 Å². The Labute approximate surface area is 125 Å². The molecule has 2 N–H and O–H groups in total. The molecule has 3 heterocycles. The maximum atomic E-state index is 12.2. The van der Waals surface area contributed by atoms with E-state index in [1.54, 1.807) is 12.5 Å². The molecular formula is C14H16N6O2. The van der Waals surface area contributed by atoms with Crippen LogP contribution in [0.2, 0.25) is 0 Å². The Morgan fingerprint density at radius 3 is 2.95 bits per heavy atom. The van der Waals surface area contributed by atoms with Gasteiger partial charge >= 0.3 is 0 Å². The lowest BCUT2D eigenvalue weighted by Crippen LogP contribution is -2.28. The van der Waals surface area contributed by atoms with Crippen molar-refractivity contribution in [1.82, 2.24) is 29.5 Å². The highest BCUT2D eigenvalue weighted by molar-refractivity contribution is 6.00. The monoisotopic (exact) mass is 300 g/mol. The van der Waals surface area contributed by atoms with E-state index in [-0.39, 0.29) is 22.5 Å². The number of hydrogen-bond donors (Lipinski definition) is 2. The van der Waals surface area contributed by atoms with Crippen LogP contribution in [-0.4, -0.2) is 36.6 Å². The number of amides is 1. The van der Waals surface area contributed by atoms with Gasteiger partial charge in [-0.1, -0.05) is 0 Å². The number of carbonyl (C=O) groups excluding carboxylic acids is 1. The summed E-state index contributed by atoms with van der Waals surface area (Å²) in [6.45, 7) is 4.98. The molecule has 3 aromatic heterocycles. The fraction of sp³-hybridized carbons (Fsp3) is 0.286. The summed E-state index contributed by atoms with van der Waals surface area (Å²) in [5.74, 6) is -0.318. The van der Waals surface area contributed by atoms with Crippen molar-refractivity contribution in [2.75, 3.05) is 6.54 Å². The molecule has 8 nitrogen and oxygen atoms in total. The molecule has 3 rings (SSSR count). The van der Waals surface area contributed by atoms with Gasteiger partial charge in [-0.3, -0.25) is 9.59 Å². The third-order valence-electron chi connectivity index (χ3n) is 3.67. The van der Waals surface area contributed by atoms with Crippen molar-refractivity contribution < 1.29 is 4.79 Å². The molecular weight excluding hydrogens is 284 g/mol. The normalized spacial score (nSPS) is 11.0. The molecule has 0 saturated heterocycles. The lowest BCUT2D eigenvalue weighted by Gasteiger charge is -2.07. The topological polar surface area (TPSA) is 97.1 Å². The Hall–Kier alpha value is -2.90. The lowest BCUT2D eigenvalue weighted by atomic mass is 10.2. The summed E-state index contributed by atoms with van der Waals surface area (Å²) in [5.41, 5.74) is 2.21. The minimum atomic E-state index is -0.341. The standard InChI is InChI=1S/C14H16N6O2/c1-9-10(2)19(8-17-9)5-3-15-13(21)11-7-18-20-6-4-16-14(22)12(11)20/h4,6-8H,3,5H2,1-2H3,(H,15,21)(H,16,22). The SMILES string of the molecule is Cc1ncn(CCNC(=O)c2cnn3cc[nH]c(=O)c23)c1C. The predicted molar refractivity (Wildman–Crippen MR) is 79.8 cm³/mol. The van der Waals surface area contributed by atoms with E-state index in [0.29, 0.717) is 13.1 Å². The second-order valence-electron chi connectivity index (χ2n) is 5.01. The van der Waals surface area contributed by atoms with Crippen molar-refractivity contribution in [1.29, 1.82) is 0 Å². The van der Waals surface area contributed by atoms with Crippen molar-refractivity contribution in [3.63, 3.8) is 0 Å². The fourth-order valence-corrected chi connectivity index (χ4v) is 2.27. The molecule has 0 aromatic carbocycles. The summed E-state index contributed by atoms with van der Waals surface area (Å²) < 4.78 is 3.36. The van der Waals surface area contributed by atoms with Crippen LogP contribution >= 0.6 is 0 Å². The van der Waals surface area contributed by atoms with Crippen molar-refractivity contribution in [2.45, 2.75) is 20.4 Å². The number of rotatable bonds is 4. The maximum Gasteiger partial charge on any atom is 0.274 e. The Morgan fingerprint density at radius 2 is 2.23 bits per heavy atom. The molecule has 0 aliphatic heterocycles. The summed E-state index contributed by atoms with van der Waals surface area (Å²) in [6.07, 6.45) is 6.21. The van der Waals surface area contributed by atoms with Crippen LogP contribution in [0.1, 0.15) is 21.7 Å². The highest BCUT2D eigenvalue weighted by atomic mass is 16.2. The number of imidazole rings is 1. The molecule has 0 fully saturated rings. The maximum absolute atomic E-state index is 12.2. The number of aryl methyl sites for hydroxylation is 1. The van der Waals surface area contributed by atoms with Gasteiger partial charge in [0.15, 0.2) is 0 Å². The highest BCUT2D eigenvalue weighted by Crippen LogP contribution is 2.05. The van der Waals surface area contributed by atoms with Gasteiger partial charge in [0.1, 0.15) is 5.52 Å². The van der Waals surface area contributed by atoms with Crippen molar-refractivity contribution in [3.8, 4) is 0 Å². The highest BCUT2D eigenvalue weighted by Gasteiger charge is 2.14. The molecule has 0 atom stereocenters. The fourth-order valence-electron chi connectivity index (χ4n) is 2.27. The van der Waals surface area contributed by atoms with E-state index in [1.807, 2.05) is 18.4 Å². The summed E-state index contributed by atoms with van der Waals surface area (Å²) >= 11 is 0. The largest absolute Gasteiger partial charge is 0.350 e. The number of nitrogens with zero attached hydrogens (tertiary/aromatic N) is 4. The van der Waals surface area contributed by atoms with Crippen LogP contribution in [0.4, 0.5) is 0 Å². The third kappa shape index (κ3) is 2.39. The van der Waals surface area contributed by atoms with E-state index in [0.717, 1.165) is 11.4 Å². The Morgan fingerprint density at radius 1 is 1.41 bits per heavy atom. The molecule has 8 heteroatoms. The first-order valence-electron chi connectivity index (χ1n) is 6.89. The molecule has 0 unspecified atom stereocenters. The molecule has 0 saturated carbocycles. The molecule has 0 aliphatic carbocycles. The third-order valence-corrected chi connectivity index (χ3v) is 3.67. The van der Waals surface area contributed by atoms with Gasteiger partial charge in [-0.25, -0.2) is 9.50 Å². The van der Waals surface area contributed by atoms with Gasteiger partial charge in [0.2, 0.25) is 0 Å². The average Bonchev–Trinajstić information content (AvgIpc) is 3.06. The van der Waals surface area contributed by atoms with Crippen LogP contribution in [0.25, 0.3) is 5.52 Å². The Balaban J connectivity index is 1.72. The van der Waals surface area contributed by atoms with E-state index < -0.39 is 0 Å². The number of H-pyrrole nitrogens is 1. The van der Waals surface area contributed by atoms with E-state index >= 15 is 0 Å².